The van der Waals surface area contributed by atoms with Crippen molar-refractivity contribution in [2.45, 2.75) is 46.2 Å². The molecule has 0 aliphatic heterocycles. The summed E-state index contributed by atoms with van der Waals surface area (Å²) in [6.07, 6.45) is 4.39. The van der Waals surface area contributed by atoms with Crippen molar-refractivity contribution in [2.75, 3.05) is 20.6 Å². The van der Waals surface area contributed by atoms with Crippen LogP contribution in [0.1, 0.15) is 37.9 Å². The Kier molecular flexibility index (Phi) is 6.36. The third-order valence-corrected chi connectivity index (χ3v) is 3.86. The van der Waals surface area contributed by atoms with Crippen molar-refractivity contribution in [1.29, 1.82) is 0 Å². The molecule has 1 aromatic heterocycles. The Labute approximate surface area is 111 Å². The normalized spacial score (nSPS) is 13.5. The number of rotatable bonds is 8. The molecule has 0 aromatic carbocycles. The largest absolute Gasteiger partial charge is 0.311 e. The van der Waals surface area contributed by atoms with Crippen molar-refractivity contribution in [3.8, 4) is 0 Å². The van der Waals surface area contributed by atoms with Crippen LogP contribution in [0.25, 0.3) is 0 Å². The molecule has 0 saturated heterocycles. The van der Waals surface area contributed by atoms with Gasteiger partial charge in [-0.3, -0.25) is 5.10 Å². The van der Waals surface area contributed by atoms with Gasteiger partial charge in [-0.05, 0) is 26.9 Å². The molecule has 0 amide bonds. The molecule has 0 fully saturated rings. The van der Waals surface area contributed by atoms with Crippen molar-refractivity contribution in [3.05, 3.63) is 17.5 Å². The average molecular weight is 252 g/mol. The topological polar surface area (TPSA) is 44.0 Å². The zero-order valence-electron chi connectivity index (χ0n) is 12.5. The molecular formula is C14H28N4. The fourth-order valence-electron chi connectivity index (χ4n) is 2.51. The summed E-state index contributed by atoms with van der Waals surface area (Å²) in [5.74, 6) is 0.762. The summed E-state index contributed by atoms with van der Waals surface area (Å²) in [5.41, 5.74) is 2.42. The maximum Gasteiger partial charge on any atom is 0.0535 e. The van der Waals surface area contributed by atoms with Gasteiger partial charge in [0.2, 0.25) is 0 Å². The number of aromatic amines is 1. The van der Waals surface area contributed by atoms with Crippen LogP contribution >= 0.6 is 0 Å². The van der Waals surface area contributed by atoms with Crippen molar-refractivity contribution in [1.82, 2.24) is 20.4 Å². The van der Waals surface area contributed by atoms with Gasteiger partial charge < -0.3 is 10.2 Å². The Hall–Kier alpha value is -0.870. The van der Waals surface area contributed by atoms with E-state index in [-0.39, 0.29) is 0 Å². The fourth-order valence-corrected chi connectivity index (χ4v) is 2.51. The molecule has 4 nitrogen and oxygen atoms in total. The first-order valence-corrected chi connectivity index (χ1v) is 6.96. The van der Waals surface area contributed by atoms with Gasteiger partial charge in [0.1, 0.15) is 0 Å². The van der Waals surface area contributed by atoms with Crippen molar-refractivity contribution < 1.29 is 0 Å². The maximum absolute atomic E-state index is 4.05. The monoisotopic (exact) mass is 252 g/mol. The molecule has 0 aliphatic rings. The van der Waals surface area contributed by atoms with Gasteiger partial charge in [0.05, 0.1) is 6.20 Å². The molecule has 18 heavy (non-hydrogen) atoms. The van der Waals surface area contributed by atoms with Crippen LogP contribution in [0.5, 0.6) is 0 Å². The minimum absolute atomic E-state index is 0.604. The zero-order valence-corrected chi connectivity index (χ0v) is 12.5. The van der Waals surface area contributed by atoms with Crippen LogP contribution in [-0.2, 0) is 6.54 Å². The molecule has 1 unspecified atom stereocenters. The van der Waals surface area contributed by atoms with E-state index in [1.807, 2.05) is 6.20 Å². The second-order valence-electron chi connectivity index (χ2n) is 5.26. The number of likely N-dealkylation sites (N-methyl/N-ethyl adjacent to an activating group) is 1. The summed E-state index contributed by atoms with van der Waals surface area (Å²) in [5, 5.41) is 10.6. The molecule has 1 aromatic rings. The zero-order chi connectivity index (χ0) is 13.5. The van der Waals surface area contributed by atoms with Crippen LogP contribution in [0.2, 0.25) is 0 Å². The molecule has 0 radical (unpaired) electrons. The van der Waals surface area contributed by atoms with Crippen molar-refractivity contribution in [3.63, 3.8) is 0 Å². The number of aryl methyl sites for hydroxylation is 1. The van der Waals surface area contributed by atoms with E-state index >= 15 is 0 Å². The summed E-state index contributed by atoms with van der Waals surface area (Å²) in [6, 6.07) is 0.604. The molecule has 104 valence electrons. The standard InChI is InChI=1S/C14H28N4/c1-6-12(7-2)14(18(4)5)10-15-8-13-9-16-17-11(13)3/h9,12,14-15H,6-8,10H2,1-5H3,(H,16,17). The lowest BCUT2D eigenvalue weighted by atomic mass is 9.93. The van der Waals surface area contributed by atoms with E-state index in [0.29, 0.717) is 6.04 Å². The van der Waals surface area contributed by atoms with Crippen LogP contribution in [0, 0.1) is 12.8 Å². The highest BCUT2D eigenvalue weighted by molar-refractivity contribution is 5.13. The first-order chi connectivity index (χ1) is 8.60. The lowest BCUT2D eigenvalue weighted by Gasteiger charge is -2.31. The molecule has 1 atom stereocenters. The summed E-state index contributed by atoms with van der Waals surface area (Å²) in [6.45, 7) is 8.56. The van der Waals surface area contributed by atoms with Crippen LogP contribution in [0.15, 0.2) is 6.20 Å². The molecular weight excluding hydrogens is 224 g/mol. The summed E-state index contributed by atoms with van der Waals surface area (Å²) < 4.78 is 0. The number of H-pyrrole nitrogens is 1. The van der Waals surface area contributed by atoms with Gasteiger partial charge in [0.15, 0.2) is 0 Å². The van der Waals surface area contributed by atoms with Crippen molar-refractivity contribution in [2.24, 2.45) is 5.92 Å². The average Bonchev–Trinajstić information content (AvgIpc) is 2.74. The third-order valence-electron chi connectivity index (χ3n) is 3.86. The molecule has 0 aliphatic carbocycles. The highest BCUT2D eigenvalue weighted by atomic mass is 15.1. The summed E-state index contributed by atoms with van der Waals surface area (Å²) in [4.78, 5) is 2.34. The smallest absolute Gasteiger partial charge is 0.0535 e. The molecule has 4 heteroatoms. The number of nitrogens with one attached hydrogen (secondary N) is 2. The minimum Gasteiger partial charge on any atom is -0.311 e. The number of hydrogen-bond acceptors (Lipinski definition) is 3. The lowest BCUT2D eigenvalue weighted by molar-refractivity contribution is 0.194. The lowest BCUT2D eigenvalue weighted by Crippen LogP contribution is -2.42. The first kappa shape index (κ1) is 15.2. The fraction of sp³-hybridized carbons (Fsp3) is 0.786. The minimum atomic E-state index is 0.604. The van der Waals surface area contributed by atoms with E-state index in [1.165, 1.54) is 18.4 Å². The van der Waals surface area contributed by atoms with Gasteiger partial charge in [0.25, 0.3) is 0 Å². The van der Waals surface area contributed by atoms with E-state index in [1.54, 1.807) is 0 Å². The van der Waals surface area contributed by atoms with Gasteiger partial charge in [-0.2, -0.15) is 5.10 Å². The predicted octanol–water partition coefficient (Wildman–Crippen LogP) is 2.17. The van der Waals surface area contributed by atoms with Gasteiger partial charge in [-0.1, -0.05) is 26.7 Å². The second-order valence-corrected chi connectivity index (χ2v) is 5.26. The van der Waals surface area contributed by atoms with Gasteiger partial charge in [0, 0.05) is 30.4 Å². The van der Waals surface area contributed by atoms with E-state index < -0.39 is 0 Å². The van der Waals surface area contributed by atoms with Gasteiger partial charge in [-0.15, -0.1) is 0 Å². The number of aromatic nitrogens is 2. The van der Waals surface area contributed by atoms with E-state index in [2.05, 4.69) is 55.3 Å². The Morgan fingerprint density at radius 1 is 1.33 bits per heavy atom. The van der Waals surface area contributed by atoms with E-state index in [0.717, 1.165) is 24.7 Å². The molecule has 0 bridgehead atoms. The Balaban J connectivity index is 2.45. The molecule has 1 heterocycles. The molecule has 0 spiro atoms. The van der Waals surface area contributed by atoms with E-state index in [4.69, 9.17) is 0 Å². The van der Waals surface area contributed by atoms with Crippen molar-refractivity contribution >= 4 is 0 Å². The highest BCUT2D eigenvalue weighted by Gasteiger charge is 2.20. The van der Waals surface area contributed by atoms with Crippen LogP contribution < -0.4 is 5.32 Å². The SMILES string of the molecule is CCC(CC)C(CNCc1cn[nH]c1C)N(C)C. The molecule has 0 saturated carbocycles. The van der Waals surface area contributed by atoms with Crippen LogP contribution in [0.4, 0.5) is 0 Å². The first-order valence-electron chi connectivity index (χ1n) is 6.96. The van der Waals surface area contributed by atoms with Crippen LogP contribution in [-0.4, -0.2) is 41.8 Å². The number of nitrogens with zero attached hydrogens (tertiary/aromatic N) is 2. The van der Waals surface area contributed by atoms with E-state index in [9.17, 15) is 0 Å². The quantitative estimate of drug-likeness (QED) is 0.745. The van der Waals surface area contributed by atoms with Gasteiger partial charge in [-0.25, -0.2) is 0 Å². The Bertz CT molecular complexity index is 328. The molecule has 1 rings (SSSR count). The number of hydrogen-bond donors (Lipinski definition) is 2. The maximum atomic E-state index is 4.05. The van der Waals surface area contributed by atoms with Crippen LogP contribution in [0.3, 0.4) is 0 Å². The predicted molar refractivity (Wildman–Crippen MR) is 76.6 cm³/mol. The molecule has 2 N–H and O–H groups in total. The summed E-state index contributed by atoms with van der Waals surface area (Å²) >= 11 is 0. The Morgan fingerprint density at radius 2 is 2.00 bits per heavy atom. The second kappa shape index (κ2) is 7.54. The van der Waals surface area contributed by atoms with Gasteiger partial charge >= 0.3 is 0 Å². The third kappa shape index (κ3) is 4.10. The highest BCUT2D eigenvalue weighted by Crippen LogP contribution is 2.16. The summed E-state index contributed by atoms with van der Waals surface area (Å²) in [7, 11) is 4.35. The Morgan fingerprint density at radius 3 is 2.44 bits per heavy atom.